The minimum absolute atomic E-state index is 0.0665. The minimum atomic E-state index is -3.31. The molecule has 86 valence electrons. The summed E-state index contributed by atoms with van der Waals surface area (Å²) in [6, 6.07) is 0. The molecule has 0 spiro atoms. The van der Waals surface area contributed by atoms with Crippen LogP contribution >= 0.6 is 0 Å². The molecular weight excluding hydrogens is 218 g/mol. The number of hydrogen-bond acceptors (Lipinski definition) is 5. The molecule has 1 rings (SSSR count). The first-order valence-electron chi connectivity index (χ1n) is 4.55. The molecule has 0 aliphatic rings. The lowest BCUT2D eigenvalue weighted by Gasteiger charge is -2.01. The fraction of sp³-hybridized carbons (Fsp3) is 0.625. The standard InChI is InChI=1S/C8H15N3O3S/c1-6-7(2)14-8(11-6)5-10-15(12,13)4-3-9/h10H,3-5,9H2,1-2H3. The summed E-state index contributed by atoms with van der Waals surface area (Å²) < 4.78 is 30.0. The van der Waals surface area contributed by atoms with E-state index in [0.717, 1.165) is 5.69 Å². The van der Waals surface area contributed by atoms with Gasteiger partial charge in [-0.25, -0.2) is 18.1 Å². The van der Waals surface area contributed by atoms with Crippen molar-refractivity contribution >= 4 is 10.0 Å². The first kappa shape index (κ1) is 12.2. The Bertz CT molecular complexity index is 405. The Balaban J connectivity index is 2.57. The van der Waals surface area contributed by atoms with Crippen LogP contribution in [0.15, 0.2) is 4.42 Å². The van der Waals surface area contributed by atoms with Crippen molar-refractivity contribution in [2.45, 2.75) is 20.4 Å². The molecule has 6 nitrogen and oxygen atoms in total. The maximum Gasteiger partial charge on any atom is 0.213 e. The third kappa shape index (κ3) is 3.61. The largest absolute Gasteiger partial charge is 0.444 e. The first-order valence-corrected chi connectivity index (χ1v) is 6.20. The highest BCUT2D eigenvalue weighted by molar-refractivity contribution is 7.89. The number of aromatic nitrogens is 1. The first-order chi connectivity index (χ1) is 6.94. The van der Waals surface area contributed by atoms with E-state index >= 15 is 0 Å². The second kappa shape index (κ2) is 4.73. The van der Waals surface area contributed by atoms with E-state index in [-0.39, 0.29) is 18.8 Å². The molecule has 0 saturated carbocycles. The number of nitrogens with two attached hydrogens (primary N) is 1. The third-order valence-corrected chi connectivity index (χ3v) is 3.26. The molecule has 1 aromatic rings. The lowest BCUT2D eigenvalue weighted by atomic mass is 10.4. The van der Waals surface area contributed by atoms with Gasteiger partial charge >= 0.3 is 0 Å². The number of sulfonamides is 1. The average molecular weight is 233 g/mol. The van der Waals surface area contributed by atoms with E-state index in [9.17, 15) is 8.42 Å². The summed E-state index contributed by atoms with van der Waals surface area (Å²) >= 11 is 0. The smallest absolute Gasteiger partial charge is 0.213 e. The second-order valence-corrected chi connectivity index (χ2v) is 5.10. The van der Waals surface area contributed by atoms with E-state index in [2.05, 4.69) is 9.71 Å². The van der Waals surface area contributed by atoms with Gasteiger partial charge in [0.15, 0.2) is 0 Å². The summed E-state index contributed by atoms with van der Waals surface area (Å²) in [6.45, 7) is 3.74. The Hall–Kier alpha value is -0.920. The van der Waals surface area contributed by atoms with Crippen LogP contribution in [0.2, 0.25) is 0 Å². The Labute approximate surface area is 88.9 Å². The van der Waals surface area contributed by atoms with Gasteiger partial charge < -0.3 is 10.2 Å². The van der Waals surface area contributed by atoms with Crippen LogP contribution in [-0.4, -0.2) is 25.7 Å². The second-order valence-electron chi connectivity index (χ2n) is 3.18. The van der Waals surface area contributed by atoms with Gasteiger partial charge in [-0.15, -0.1) is 0 Å². The molecule has 0 bridgehead atoms. The van der Waals surface area contributed by atoms with Crippen molar-refractivity contribution in [1.29, 1.82) is 0 Å². The molecule has 0 atom stereocenters. The van der Waals surface area contributed by atoms with Gasteiger partial charge in [0.05, 0.1) is 18.0 Å². The maximum absolute atomic E-state index is 11.2. The van der Waals surface area contributed by atoms with Gasteiger partial charge in [0.2, 0.25) is 15.9 Å². The van der Waals surface area contributed by atoms with Gasteiger partial charge in [-0.05, 0) is 13.8 Å². The zero-order valence-electron chi connectivity index (χ0n) is 8.78. The molecule has 0 aliphatic carbocycles. The van der Waals surface area contributed by atoms with Crippen LogP contribution < -0.4 is 10.5 Å². The van der Waals surface area contributed by atoms with Crippen LogP contribution in [0.4, 0.5) is 0 Å². The fourth-order valence-electron chi connectivity index (χ4n) is 1.01. The number of rotatable bonds is 5. The van der Waals surface area contributed by atoms with Gasteiger partial charge in [-0.2, -0.15) is 0 Å². The monoisotopic (exact) mass is 233 g/mol. The lowest BCUT2D eigenvalue weighted by Crippen LogP contribution is -2.29. The zero-order valence-corrected chi connectivity index (χ0v) is 9.60. The van der Waals surface area contributed by atoms with Crippen molar-refractivity contribution in [2.24, 2.45) is 5.73 Å². The predicted molar refractivity (Wildman–Crippen MR) is 55.7 cm³/mol. The highest BCUT2D eigenvalue weighted by Crippen LogP contribution is 2.07. The molecule has 3 N–H and O–H groups in total. The average Bonchev–Trinajstić information content (AvgIpc) is 2.44. The summed E-state index contributed by atoms with van der Waals surface area (Å²) in [5, 5.41) is 0. The summed E-state index contributed by atoms with van der Waals surface area (Å²) in [6.07, 6.45) is 0. The Morgan fingerprint density at radius 1 is 1.47 bits per heavy atom. The van der Waals surface area contributed by atoms with Crippen LogP contribution in [0.1, 0.15) is 17.3 Å². The molecule has 0 saturated heterocycles. The van der Waals surface area contributed by atoms with E-state index in [1.54, 1.807) is 13.8 Å². The summed E-state index contributed by atoms with van der Waals surface area (Å²) in [5.41, 5.74) is 5.92. The van der Waals surface area contributed by atoms with Crippen molar-refractivity contribution in [3.8, 4) is 0 Å². The zero-order chi connectivity index (χ0) is 11.5. The Kier molecular flexibility index (Phi) is 3.83. The van der Waals surface area contributed by atoms with Gasteiger partial charge in [-0.3, -0.25) is 0 Å². The van der Waals surface area contributed by atoms with Crippen LogP contribution in [0.5, 0.6) is 0 Å². The molecule has 1 heterocycles. The van der Waals surface area contributed by atoms with Crippen molar-refractivity contribution in [3.63, 3.8) is 0 Å². The quantitative estimate of drug-likeness (QED) is 0.725. The van der Waals surface area contributed by atoms with Crippen molar-refractivity contribution < 1.29 is 12.8 Å². The van der Waals surface area contributed by atoms with Crippen LogP contribution in [0.3, 0.4) is 0 Å². The highest BCUT2D eigenvalue weighted by atomic mass is 32.2. The molecule has 0 amide bonds. The SMILES string of the molecule is Cc1nc(CNS(=O)(=O)CCN)oc1C. The molecule has 7 heteroatoms. The molecule has 15 heavy (non-hydrogen) atoms. The van der Waals surface area contributed by atoms with E-state index in [4.69, 9.17) is 10.2 Å². The lowest BCUT2D eigenvalue weighted by molar-refractivity contribution is 0.463. The van der Waals surface area contributed by atoms with Crippen LogP contribution in [0.25, 0.3) is 0 Å². The van der Waals surface area contributed by atoms with E-state index < -0.39 is 10.0 Å². The number of oxazole rings is 1. The Morgan fingerprint density at radius 2 is 2.13 bits per heavy atom. The summed E-state index contributed by atoms with van der Waals surface area (Å²) in [4.78, 5) is 4.05. The van der Waals surface area contributed by atoms with Gasteiger partial charge in [-0.1, -0.05) is 0 Å². The van der Waals surface area contributed by atoms with Gasteiger partial charge in [0.1, 0.15) is 5.76 Å². The number of hydrogen-bond donors (Lipinski definition) is 2. The predicted octanol–water partition coefficient (Wildman–Crippen LogP) is -0.330. The fourth-order valence-corrected chi connectivity index (χ4v) is 1.81. The van der Waals surface area contributed by atoms with E-state index in [0.29, 0.717) is 11.7 Å². The normalized spacial score (nSPS) is 11.9. The van der Waals surface area contributed by atoms with Crippen LogP contribution in [-0.2, 0) is 16.6 Å². The van der Waals surface area contributed by atoms with Gasteiger partial charge in [0, 0.05) is 6.54 Å². The molecular formula is C8H15N3O3S. The van der Waals surface area contributed by atoms with Gasteiger partial charge in [0.25, 0.3) is 0 Å². The van der Waals surface area contributed by atoms with E-state index in [1.807, 2.05) is 0 Å². The molecule has 0 radical (unpaired) electrons. The maximum atomic E-state index is 11.2. The van der Waals surface area contributed by atoms with Crippen molar-refractivity contribution in [3.05, 3.63) is 17.3 Å². The van der Waals surface area contributed by atoms with E-state index in [1.165, 1.54) is 0 Å². The summed E-state index contributed by atoms with van der Waals surface area (Å²) in [5.74, 6) is 0.972. The van der Waals surface area contributed by atoms with Crippen molar-refractivity contribution in [1.82, 2.24) is 9.71 Å². The minimum Gasteiger partial charge on any atom is -0.444 e. The highest BCUT2D eigenvalue weighted by Gasteiger charge is 2.11. The van der Waals surface area contributed by atoms with Crippen LogP contribution in [0, 0.1) is 13.8 Å². The number of nitrogens with one attached hydrogen (secondary N) is 1. The molecule has 0 fully saturated rings. The summed E-state index contributed by atoms with van der Waals surface area (Å²) in [7, 11) is -3.31. The topological polar surface area (TPSA) is 98.2 Å². The molecule has 1 aromatic heterocycles. The molecule has 0 aromatic carbocycles. The molecule has 0 aliphatic heterocycles. The Morgan fingerprint density at radius 3 is 2.60 bits per heavy atom. The third-order valence-electron chi connectivity index (χ3n) is 1.90. The molecule has 0 unspecified atom stereocenters. The number of nitrogens with zero attached hydrogens (tertiary/aromatic N) is 1. The number of aryl methyl sites for hydroxylation is 2. The van der Waals surface area contributed by atoms with Crippen molar-refractivity contribution in [2.75, 3.05) is 12.3 Å².